The normalized spacial score (nSPS) is 15.2. The second kappa shape index (κ2) is 4.33. The molecule has 0 bridgehead atoms. The zero-order valence-electron chi connectivity index (χ0n) is 8.07. The minimum Gasteiger partial charge on any atom is -0.367 e. The van der Waals surface area contributed by atoms with Gasteiger partial charge in [0.05, 0.1) is 11.6 Å². The molecular weight excluding hydrogens is 210 g/mol. The second-order valence-corrected chi connectivity index (χ2v) is 3.85. The number of anilines is 1. The Kier molecular flexibility index (Phi) is 2.89. The summed E-state index contributed by atoms with van der Waals surface area (Å²) in [4.78, 5) is 4.12. The Bertz CT molecular complexity index is 426. The van der Waals surface area contributed by atoms with E-state index in [2.05, 4.69) is 28.5 Å². The van der Waals surface area contributed by atoms with E-state index in [0.29, 0.717) is 22.6 Å². The molecule has 1 aliphatic rings. The third kappa shape index (κ3) is 2.48. The summed E-state index contributed by atoms with van der Waals surface area (Å²) in [5.74, 6) is 0.674. The first-order valence-electron chi connectivity index (χ1n) is 4.77. The molecule has 4 heteroatoms. The van der Waals surface area contributed by atoms with Crippen molar-refractivity contribution in [2.45, 2.75) is 18.9 Å². The summed E-state index contributed by atoms with van der Waals surface area (Å²) in [7, 11) is 0. The Balaban J connectivity index is 2.14. The van der Waals surface area contributed by atoms with Crippen molar-refractivity contribution in [1.29, 1.82) is 5.26 Å². The van der Waals surface area contributed by atoms with E-state index in [-0.39, 0.29) is 0 Å². The van der Waals surface area contributed by atoms with Gasteiger partial charge < -0.3 is 5.32 Å². The minimum atomic E-state index is 0.350. The van der Waals surface area contributed by atoms with Crippen LogP contribution in [-0.2, 0) is 0 Å². The van der Waals surface area contributed by atoms with Crippen molar-refractivity contribution in [2.75, 3.05) is 5.32 Å². The predicted octanol–water partition coefficient (Wildman–Crippen LogP) is 2.74. The van der Waals surface area contributed by atoms with E-state index >= 15 is 0 Å². The lowest BCUT2D eigenvalue weighted by Crippen LogP contribution is -2.16. The molecule has 0 aliphatic heterocycles. The Morgan fingerprint density at radius 2 is 2.13 bits per heavy atom. The molecular formula is C11H10ClN3. The zero-order valence-corrected chi connectivity index (χ0v) is 8.83. The summed E-state index contributed by atoms with van der Waals surface area (Å²) in [5.41, 5.74) is 0.531. The number of nitriles is 1. The SMILES string of the molecule is N#Cc1cc(Cl)nc(NC2CC=CC2)c1. The van der Waals surface area contributed by atoms with Gasteiger partial charge in [0, 0.05) is 6.04 Å². The van der Waals surface area contributed by atoms with Crippen LogP contribution in [0.2, 0.25) is 5.15 Å². The smallest absolute Gasteiger partial charge is 0.132 e. The minimum absolute atomic E-state index is 0.350. The van der Waals surface area contributed by atoms with E-state index in [9.17, 15) is 0 Å². The molecule has 1 N–H and O–H groups in total. The van der Waals surface area contributed by atoms with E-state index in [1.807, 2.05) is 0 Å². The second-order valence-electron chi connectivity index (χ2n) is 3.46. The molecule has 1 aromatic heterocycles. The average molecular weight is 220 g/mol. The first-order chi connectivity index (χ1) is 7.28. The number of nitrogens with zero attached hydrogens (tertiary/aromatic N) is 2. The van der Waals surface area contributed by atoms with Crippen molar-refractivity contribution in [2.24, 2.45) is 0 Å². The Morgan fingerprint density at radius 3 is 2.80 bits per heavy atom. The van der Waals surface area contributed by atoms with Gasteiger partial charge in [-0.05, 0) is 25.0 Å². The molecule has 76 valence electrons. The van der Waals surface area contributed by atoms with Crippen LogP contribution in [0.4, 0.5) is 5.82 Å². The van der Waals surface area contributed by atoms with Gasteiger partial charge in [0.15, 0.2) is 0 Å². The van der Waals surface area contributed by atoms with E-state index < -0.39 is 0 Å². The monoisotopic (exact) mass is 219 g/mol. The van der Waals surface area contributed by atoms with Crippen LogP contribution in [0.3, 0.4) is 0 Å². The summed E-state index contributed by atoms with van der Waals surface area (Å²) in [6.07, 6.45) is 6.26. The summed E-state index contributed by atoms with van der Waals surface area (Å²) in [6.45, 7) is 0. The third-order valence-corrected chi connectivity index (χ3v) is 2.48. The van der Waals surface area contributed by atoms with E-state index in [1.54, 1.807) is 12.1 Å². The molecule has 0 saturated heterocycles. The molecule has 0 spiro atoms. The predicted molar refractivity (Wildman–Crippen MR) is 59.7 cm³/mol. The Labute approximate surface area is 93.4 Å². The fourth-order valence-corrected chi connectivity index (χ4v) is 1.79. The molecule has 1 aliphatic carbocycles. The van der Waals surface area contributed by atoms with Crippen molar-refractivity contribution in [3.8, 4) is 6.07 Å². The zero-order chi connectivity index (χ0) is 10.7. The van der Waals surface area contributed by atoms with Gasteiger partial charge in [-0.15, -0.1) is 0 Å². The maximum absolute atomic E-state index is 8.77. The fourth-order valence-electron chi connectivity index (χ4n) is 1.58. The highest BCUT2D eigenvalue weighted by Crippen LogP contribution is 2.18. The third-order valence-electron chi connectivity index (χ3n) is 2.28. The van der Waals surface area contributed by atoms with Gasteiger partial charge in [0.25, 0.3) is 0 Å². The lowest BCUT2D eigenvalue weighted by molar-refractivity contribution is 0.781. The first kappa shape index (κ1) is 10.0. The molecule has 1 aromatic rings. The highest BCUT2D eigenvalue weighted by molar-refractivity contribution is 6.29. The summed E-state index contributed by atoms with van der Waals surface area (Å²) >= 11 is 5.80. The number of pyridine rings is 1. The molecule has 0 atom stereocenters. The van der Waals surface area contributed by atoms with Crippen LogP contribution in [-0.4, -0.2) is 11.0 Å². The molecule has 0 aromatic carbocycles. The van der Waals surface area contributed by atoms with Crippen LogP contribution in [0.15, 0.2) is 24.3 Å². The number of aromatic nitrogens is 1. The molecule has 2 rings (SSSR count). The maximum Gasteiger partial charge on any atom is 0.132 e. The van der Waals surface area contributed by atoms with Crippen LogP contribution in [0.25, 0.3) is 0 Å². The maximum atomic E-state index is 8.77. The van der Waals surface area contributed by atoms with E-state index in [4.69, 9.17) is 16.9 Å². The van der Waals surface area contributed by atoms with Gasteiger partial charge in [-0.2, -0.15) is 5.26 Å². The highest BCUT2D eigenvalue weighted by atomic mass is 35.5. The van der Waals surface area contributed by atoms with Gasteiger partial charge in [-0.1, -0.05) is 23.8 Å². The van der Waals surface area contributed by atoms with Crippen molar-refractivity contribution in [3.63, 3.8) is 0 Å². The number of halogens is 1. The summed E-state index contributed by atoms with van der Waals surface area (Å²) in [5, 5.41) is 12.4. The molecule has 0 amide bonds. The number of hydrogen-bond acceptors (Lipinski definition) is 3. The van der Waals surface area contributed by atoms with Gasteiger partial charge in [0.1, 0.15) is 11.0 Å². The number of rotatable bonds is 2. The molecule has 0 unspecified atom stereocenters. The molecule has 0 radical (unpaired) electrons. The lowest BCUT2D eigenvalue weighted by atomic mass is 10.2. The summed E-state index contributed by atoms with van der Waals surface area (Å²) < 4.78 is 0. The lowest BCUT2D eigenvalue weighted by Gasteiger charge is -2.12. The van der Waals surface area contributed by atoms with E-state index in [1.165, 1.54) is 0 Å². The van der Waals surface area contributed by atoms with Crippen molar-refractivity contribution in [1.82, 2.24) is 4.98 Å². The standard InChI is InChI=1S/C11H10ClN3/c12-10-5-8(7-13)6-11(15-10)14-9-3-1-2-4-9/h1-2,5-6,9H,3-4H2,(H,14,15). The molecule has 1 heterocycles. The fraction of sp³-hybridized carbons (Fsp3) is 0.273. The quantitative estimate of drug-likeness (QED) is 0.615. The molecule has 15 heavy (non-hydrogen) atoms. The van der Waals surface area contributed by atoms with Crippen molar-refractivity contribution >= 4 is 17.4 Å². The van der Waals surface area contributed by atoms with Crippen LogP contribution in [0.1, 0.15) is 18.4 Å². The van der Waals surface area contributed by atoms with Gasteiger partial charge in [-0.25, -0.2) is 4.98 Å². The topological polar surface area (TPSA) is 48.7 Å². The number of nitrogens with one attached hydrogen (secondary N) is 1. The molecule has 0 fully saturated rings. The van der Waals surface area contributed by atoms with Crippen LogP contribution in [0, 0.1) is 11.3 Å². The molecule has 0 saturated carbocycles. The van der Waals surface area contributed by atoms with Crippen molar-refractivity contribution in [3.05, 3.63) is 35.0 Å². The van der Waals surface area contributed by atoms with Gasteiger partial charge in [-0.3, -0.25) is 0 Å². The van der Waals surface area contributed by atoms with Gasteiger partial charge >= 0.3 is 0 Å². The van der Waals surface area contributed by atoms with Crippen LogP contribution in [0.5, 0.6) is 0 Å². The largest absolute Gasteiger partial charge is 0.367 e. The Morgan fingerprint density at radius 1 is 1.40 bits per heavy atom. The number of hydrogen-bond donors (Lipinski definition) is 1. The molecule has 3 nitrogen and oxygen atoms in total. The van der Waals surface area contributed by atoms with Crippen LogP contribution >= 0.6 is 11.6 Å². The van der Waals surface area contributed by atoms with Crippen LogP contribution < -0.4 is 5.32 Å². The summed E-state index contributed by atoms with van der Waals surface area (Å²) in [6, 6.07) is 5.70. The highest BCUT2D eigenvalue weighted by Gasteiger charge is 2.11. The van der Waals surface area contributed by atoms with E-state index in [0.717, 1.165) is 12.8 Å². The Hall–Kier alpha value is -1.53. The average Bonchev–Trinajstić information content (AvgIpc) is 2.69. The van der Waals surface area contributed by atoms with Gasteiger partial charge in [0.2, 0.25) is 0 Å². The first-order valence-corrected chi connectivity index (χ1v) is 5.15. The van der Waals surface area contributed by atoms with Crippen molar-refractivity contribution < 1.29 is 0 Å².